The van der Waals surface area contributed by atoms with Crippen molar-refractivity contribution in [1.82, 2.24) is 0 Å². The van der Waals surface area contributed by atoms with Crippen LogP contribution in [0.25, 0.3) is 17.8 Å². The van der Waals surface area contributed by atoms with Crippen LogP contribution < -0.4 is 9.47 Å². The average molecular weight is 325 g/mol. The molecule has 0 N–H and O–H groups in total. The molecule has 0 amide bonds. The number of nitrogens with zero attached hydrogens (tertiary/aromatic N) is 2. The number of aromatic nitrogens is 1. The Morgan fingerprint density at radius 3 is 2.32 bits per heavy atom. The Morgan fingerprint density at radius 2 is 1.56 bits per heavy atom. The van der Waals surface area contributed by atoms with E-state index in [0.29, 0.717) is 0 Å². The van der Waals surface area contributed by atoms with Crippen LogP contribution in [0.5, 0.6) is 0 Å². The van der Waals surface area contributed by atoms with Crippen LogP contribution in [0.1, 0.15) is 18.1 Å². The van der Waals surface area contributed by atoms with Crippen molar-refractivity contribution < 1.29 is 4.57 Å². The van der Waals surface area contributed by atoms with Gasteiger partial charge in [-0.1, -0.05) is 42.5 Å². The third-order valence-corrected chi connectivity index (χ3v) is 4.51. The zero-order valence-corrected chi connectivity index (χ0v) is 14.3. The Bertz CT molecular complexity index is 922. The number of allylic oxidation sites excluding steroid dienone is 1. The van der Waals surface area contributed by atoms with Crippen LogP contribution in [0.3, 0.4) is 0 Å². The van der Waals surface area contributed by atoms with Crippen LogP contribution in [0.15, 0.2) is 90.9 Å². The van der Waals surface area contributed by atoms with Crippen molar-refractivity contribution in [3.8, 4) is 5.69 Å². The van der Waals surface area contributed by atoms with E-state index in [-0.39, 0.29) is 0 Å². The van der Waals surface area contributed by atoms with E-state index in [2.05, 4.69) is 108 Å². The third-order valence-electron chi connectivity index (χ3n) is 4.51. The van der Waals surface area contributed by atoms with Gasteiger partial charge in [0.05, 0.1) is 0 Å². The molecule has 4 rings (SSSR count). The van der Waals surface area contributed by atoms with E-state index in [1.54, 1.807) is 0 Å². The molecule has 0 atom stereocenters. The van der Waals surface area contributed by atoms with Crippen molar-refractivity contribution in [1.29, 1.82) is 0 Å². The van der Waals surface area contributed by atoms with Gasteiger partial charge in [-0.05, 0) is 36.3 Å². The lowest BCUT2D eigenvalue weighted by molar-refractivity contribution is -0.595. The number of anilines is 1. The highest BCUT2D eigenvalue weighted by atomic mass is 15.1. The van der Waals surface area contributed by atoms with E-state index < -0.39 is 0 Å². The lowest BCUT2D eigenvalue weighted by Gasteiger charge is -2.29. The molecule has 0 saturated carbocycles. The minimum atomic E-state index is 0.948. The smallest absolute Gasteiger partial charge is 0.210 e. The highest BCUT2D eigenvalue weighted by Gasteiger charge is 2.15. The number of benzene rings is 2. The van der Waals surface area contributed by atoms with Gasteiger partial charge in [0, 0.05) is 42.2 Å². The van der Waals surface area contributed by atoms with Gasteiger partial charge in [-0.2, -0.15) is 4.57 Å². The molecule has 0 radical (unpaired) electrons. The molecule has 2 nitrogen and oxygen atoms in total. The topological polar surface area (TPSA) is 7.12 Å². The van der Waals surface area contributed by atoms with Crippen LogP contribution >= 0.6 is 0 Å². The monoisotopic (exact) mass is 325 g/mol. The number of fused-ring (bicyclic) bond motifs is 1. The summed E-state index contributed by atoms with van der Waals surface area (Å²) in [6, 6.07) is 23.2. The molecule has 2 heteroatoms. The minimum Gasteiger partial charge on any atom is -0.341 e. The first-order chi connectivity index (χ1) is 12.3. The van der Waals surface area contributed by atoms with Crippen LogP contribution in [0, 0.1) is 0 Å². The molecule has 122 valence electrons. The summed E-state index contributed by atoms with van der Waals surface area (Å²) >= 11 is 0. The normalized spacial score (nSPS) is 14.6. The SMILES string of the molecule is CCN1C(=Cc2cc[n+](-c3ccccc3)cc2)C=Cc2ccccc21. The highest BCUT2D eigenvalue weighted by molar-refractivity contribution is 5.79. The second-order valence-corrected chi connectivity index (χ2v) is 6.08. The Balaban J connectivity index is 1.65. The molecule has 0 fully saturated rings. The van der Waals surface area contributed by atoms with Crippen molar-refractivity contribution in [2.45, 2.75) is 6.92 Å². The molecule has 0 saturated heterocycles. The number of hydrogen-bond donors (Lipinski definition) is 0. The van der Waals surface area contributed by atoms with E-state index in [1.807, 2.05) is 6.07 Å². The first kappa shape index (κ1) is 15.4. The second kappa shape index (κ2) is 6.78. The summed E-state index contributed by atoms with van der Waals surface area (Å²) in [7, 11) is 0. The summed E-state index contributed by atoms with van der Waals surface area (Å²) in [5, 5.41) is 0. The number of hydrogen-bond acceptors (Lipinski definition) is 1. The second-order valence-electron chi connectivity index (χ2n) is 6.08. The number of para-hydroxylation sites is 2. The summed E-state index contributed by atoms with van der Waals surface area (Å²) < 4.78 is 2.13. The van der Waals surface area contributed by atoms with Crippen molar-refractivity contribution >= 4 is 17.8 Å². The van der Waals surface area contributed by atoms with Crippen LogP contribution in [-0.2, 0) is 0 Å². The predicted molar refractivity (Wildman–Crippen MR) is 104 cm³/mol. The van der Waals surface area contributed by atoms with E-state index in [1.165, 1.54) is 28.2 Å². The molecule has 1 aliphatic rings. The fourth-order valence-electron chi connectivity index (χ4n) is 3.23. The lowest BCUT2D eigenvalue weighted by Crippen LogP contribution is -2.29. The largest absolute Gasteiger partial charge is 0.341 e. The average Bonchev–Trinajstić information content (AvgIpc) is 2.69. The number of pyridine rings is 1. The Kier molecular flexibility index (Phi) is 4.17. The highest BCUT2D eigenvalue weighted by Crippen LogP contribution is 2.31. The van der Waals surface area contributed by atoms with Crippen molar-refractivity contribution in [2.24, 2.45) is 0 Å². The molecular formula is C23H21N2+. The van der Waals surface area contributed by atoms with E-state index in [9.17, 15) is 0 Å². The van der Waals surface area contributed by atoms with E-state index >= 15 is 0 Å². The number of likely N-dealkylation sites (N-methyl/N-ethyl adjacent to an activating group) is 1. The molecule has 0 aliphatic carbocycles. The first-order valence-electron chi connectivity index (χ1n) is 8.68. The molecule has 0 unspecified atom stereocenters. The van der Waals surface area contributed by atoms with E-state index in [4.69, 9.17) is 0 Å². The quantitative estimate of drug-likeness (QED) is 0.624. The van der Waals surface area contributed by atoms with Gasteiger partial charge in [0.1, 0.15) is 0 Å². The lowest BCUT2D eigenvalue weighted by atomic mass is 10.0. The zero-order valence-electron chi connectivity index (χ0n) is 14.3. The Morgan fingerprint density at radius 1 is 0.840 bits per heavy atom. The van der Waals surface area contributed by atoms with Crippen molar-refractivity contribution in [3.63, 3.8) is 0 Å². The maximum atomic E-state index is 2.35. The van der Waals surface area contributed by atoms with Gasteiger partial charge in [-0.15, -0.1) is 0 Å². The third kappa shape index (κ3) is 3.11. The first-order valence-corrected chi connectivity index (χ1v) is 8.68. The molecular weight excluding hydrogens is 304 g/mol. The van der Waals surface area contributed by atoms with Gasteiger partial charge >= 0.3 is 0 Å². The van der Waals surface area contributed by atoms with E-state index in [0.717, 1.165) is 6.54 Å². The molecule has 1 aliphatic heterocycles. The molecule has 0 spiro atoms. The Hall–Kier alpha value is -3.13. The molecule has 2 heterocycles. The summed E-state index contributed by atoms with van der Waals surface area (Å²) in [5.41, 5.74) is 6.14. The van der Waals surface area contributed by atoms with Crippen LogP contribution in [-0.4, -0.2) is 6.54 Å². The summed E-state index contributed by atoms with van der Waals surface area (Å²) in [5.74, 6) is 0. The van der Waals surface area contributed by atoms with Crippen molar-refractivity contribution in [2.75, 3.05) is 11.4 Å². The van der Waals surface area contributed by atoms with Gasteiger partial charge in [0.25, 0.3) is 0 Å². The molecule has 25 heavy (non-hydrogen) atoms. The molecule has 2 aromatic carbocycles. The summed E-state index contributed by atoms with van der Waals surface area (Å²) in [6.45, 7) is 3.14. The van der Waals surface area contributed by atoms with Gasteiger partial charge in [-0.25, -0.2) is 0 Å². The maximum Gasteiger partial charge on any atom is 0.210 e. The van der Waals surface area contributed by atoms with Gasteiger partial charge in [-0.3, -0.25) is 0 Å². The van der Waals surface area contributed by atoms with Crippen LogP contribution in [0.4, 0.5) is 5.69 Å². The maximum absolute atomic E-state index is 2.35. The van der Waals surface area contributed by atoms with Crippen molar-refractivity contribution in [3.05, 3.63) is 102 Å². The summed E-state index contributed by atoms with van der Waals surface area (Å²) in [4.78, 5) is 2.35. The van der Waals surface area contributed by atoms with Gasteiger partial charge in [0.15, 0.2) is 12.4 Å². The summed E-state index contributed by atoms with van der Waals surface area (Å²) in [6.07, 6.45) is 10.9. The van der Waals surface area contributed by atoms with Crippen LogP contribution in [0.2, 0.25) is 0 Å². The predicted octanol–water partition coefficient (Wildman–Crippen LogP) is 4.86. The molecule has 3 aromatic rings. The molecule has 1 aromatic heterocycles. The van der Waals surface area contributed by atoms with Gasteiger partial charge in [0.2, 0.25) is 5.69 Å². The molecule has 0 bridgehead atoms. The zero-order chi connectivity index (χ0) is 17.1. The fraction of sp³-hybridized carbons (Fsp3) is 0.0870. The fourth-order valence-corrected chi connectivity index (χ4v) is 3.23. The number of rotatable bonds is 3. The minimum absolute atomic E-state index is 0.948. The Labute approximate surface area is 149 Å². The standard InChI is InChI=1S/C23H21N2/c1-2-25-22(13-12-20-8-6-7-11-23(20)25)18-19-14-16-24(17-15-19)21-9-4-3-5-10-21/h3-18H,2H2,1H3/q+1. The van der Waals surface area contributed by atoms with Gasteiger partial charge < -0.3 is 4.90 Å².